The quantitative estimate of drug-likeness (QED) is 0.543. The van der Waals surface area contributed by atoms with Gasteiger partial charge in [0.2, 0.25) is 0 Å². The largest absolute Gasteiger partial charge is 0.507 e. The molecule has 0 radical (unpaired) electrons. The molecule has 1 unspecified atom stereocenters. The molecule has 0 saturated heterocycles. The van der Waals surface area contributed by atoms with Crippen molar-refractivity contribution in [1.29, 1.82) is 0 Å². The molecule has 4 nitrogen and oxygen atoms in total. The zero-order valence-electron chi connectivity index (χ0n) is 16.9. The summed E-state index contributed by atoms with van der Waals surface area (Å²) in [5.74, 6) is 0.103. The first-order chi connectivity index (χ1) is 14.5. The number of aliphatic hydroxyl groups excluding tert-OH is 1. The number of hydrogen-bond donors (Lipinski definition) is 2. The van der Waals surface area contributed by atoms with Gasteiger partial charge in [-0.3, -0.25) is 0 Å². The number of aliphatic hydroxyl groups is 1. The SMILES string of the molecule is CN(C)c1ccccc1Cc1ccccc1C1=C(O)c2ccc(Cl)cc2NC1C=O. The van der Waals surface area contributed by atoms with Crippen molar-refractivity contribution in [3.05, 3.63) is 94.0 Å². The minimum Gasteiger partial charge on any atom is -0.507 e. The van der Waals surface area contributed by atoms with Crippen LogP contribution in [0.5, 0.6) is 0 Å². The van der Waals surface area contributed by atoms with Crippen LogP contribution in [-0.2, 0) is 11.2 Å². The fourth-order valence-corrected chi connectivity index (χ4v) is 4.18. The molecule has 0 aliphatic carbocycles. The van der Waals surface area contributed by atoms with E-state index in [2.05, 4.69) is 22.3 Å². The van der Waals surface area contributed by atoms with E-state index in [9.17, 15) is 9.90 Å². The summed E-state index contributed by atoms with van der Waals surface area (Å²) in [6.07, 6.45) is 1.50. The van der Waals surface area contributed by atoms with Crippen LogP contribution in [0.25, 0.3) is 11.3 Å². The summed E-state index contributed by atoms with van der Waals surface area (Å²) >= 11 is 6.09. The number of nitrogens with zero attached hydrogens (tertiary/aromatic N) is 1. The first kappa shape index (κ1) is 20.0. The Labute approximate surface area is 181 Å². The smallest absolute Gasteiger partial charge is 0.146 e. The molecular weight excluding hydrogens is 396 g/mol. The highest BCUT2D eigenvalue weighted by atomic mass is 35.5. The first-order valence-corrected chi connectivity index (χ1v) is 10.2. The zero-order valence-corrected chi connectivity index (χ0v) is 17.6. The second kappa shape index (κ2) is 8.25. The van der Waals surface area contributed by atoms with Gasteiger partial charge in [-0.15, -0.1) is 0 Å². The number of anilines is 2. The Kier molecular flexibility index (Phi) is 5.51. The molecule has 2 N–H and O–H groups in total. The molecule has 1 aliphatic rings. The second-order valence-corrected chi connectivity index (χ2v) is 8.00. The molecule has 1 aliphatic heterocycles. The van der Waals surface area contributed by atoms with E-state index < -0.39 is 6.04 Å². The average molecular weight is 419 g/mol. The van der Waals surface area contributed by atoms with Crippen LogP contribution in [0.3, 0.4) is 0 Å². The van der Waals surface area contributed by atoms with Crippen molar-refractivity contribution in [1.82, 2.24) is 0 Å². The number of para-hydroxylation sites is 1. The van der Waals surface area contributed by atoms with Crippen molar-refractivity contribution in [2.24, 2.45) is 0 Å². The van der Waals surface area contributed by atoms with Crippen molar-refractivity contribution in [3.8, 4) is 0 Å². The Morgan fingerprint density at radius 1 is 1.00 bits per heavy atom. The normalized spacial score (nSPS) is 15.4. The molecule has 0 saturated carbocycles. The predicted octanol–water partition coefficient (Wildman–Crippen LogP) is 5.42. The fraction of sp³-hybridized carbons (Fsp3) is 0.160. The summed E-state index contributed by atoms with van der Waals surface area (Å²) in [4.78, 5) is 14.0. The van der Waals surface area contributed by atoms with Gasteiger partial charge in [-0.25, -0.2) is 0 Å². The molecule has 1 heterocycles. The van der Waals surface area contributed by atoms with E-state index in [0.29, 0.717) is 28.3 Å². The van der Waals surface area contributed by atoms with Gasteiger partial charge in [0.15, 0.2) is 0 Å². The summed E-state index contributed by atoms with van der Waals surface area (Å²) in [6, 6.07) is 20.7. The topological polar surface area (TPSA) is 52.6 Å². The highest BCUT2D eigenvalue weighted by Crippen LogP contribution is 2.39. The molecule has 3 aromatic rings. The minimum atomic E-state index is -0.666. The number of fused-ring (bicyclic) bond motifs is 1. The standard InChI is InChI=1S/C25H23ClN2O2/c1-28(2)23-10-6-4-8-17(23)13-16-7-3-5-9-19(16)24-22(15-29)27-21-14-18(26)11-12-20(21)25(24)30/h3-12,14-15,22,27,30H,13H2,1-2H3. The van der Waals surface area contributed by atoms with Crippen molar-refractivity contribution >= 4 is 40.6 Å². The number of rotatable bonds is 5. The highest BCUT2D eigenvalue weighted by Gasteiger charge is 2.29. The Hall–Kier alpha value is -3.24. The third-order valence-electron chi connectivity index (χ3n) is 5.41. The molecule has 30 heavy (non-hydrogen) atoms. The number of benzene rings is 3. The van der Waals surface area contributed by atoms with Gasteiger partial charge in [0.05, 0.1) is 0 Å². The van der Waals surface area contributed by atoms with Crippen LogP contribution >= 0.6 is 11.6 Å². The van der Waals surface area contributed by atoms with Crippen molar-refractivity contribution < 1.29 is 9.90 Å². The maximum absolute atomic E-state index is 11.9. The Morgan fingerprint density at radius 2 is 1.70 bits per heavy atom. The van der Waals surface area contributed by atoms with Crippen molar-refractivity contribution in [3.63, 3.8) is 0 Å². The molecule has 0 spiro atoms. The molecule has 0 amide bonds. The number of aldehydes is 1. The lowest BCUT2D eigenvalue weighted by Gasteiger charge is -2.28. The Bertz CT molecular complexity index is 1140. The lowest BCUT2D eigenvalue weighted by molar-refractivity contribution is -0.107. The van der Waals surface area contributed by atoms with Crippen LogP contribution in [0, 0.1) is 0 Å². The van der Waals surface area contributed by atoms with Crippen LogP contribution in [0.2, 0.25) is 5.02 Å². The maximum atomic E-state index is 11.9. The van der Waals surface area contributed by atoms with Gasteiger partial charge in [-0.05, 0) is 41.0 Å². The molecule has 152 valence electrons. The van der Waals surface area contributed by atoms with E-state index >= 15 is 0 Å². The van der Waals surface area contributed by atoms with Crippen LogP contribution in [0.4, 0.5) is 11.4 Å². The van der Waals surface area contributed by atoms with Crippen molar-refractivity contribution in [2.45, 2.75) is 12.5 Å². The molecule has 0 bridgehead atoms. The van der Waals surface area contributed by atoms with Crippen LogP contribution in [-0.4, -0.2) is 31.5 Å². The van der Waals surface area contributed by atoms with Gasteiger partial charge in [0, 0.05) is 48.1 Å². The molecule has 0 fully saturated rings. The van der Waals surface area contributed by atoms with E-state index in [1.165, 1.54) is 5.56 Å². The maximum Gasteiger partial charge on any atom is 0.146 e. The van der Waals surface area contributed by atoms with Gasteiger partial charge in [-0.2, -0.15) is 0 Å². The van der Waals surface area contributed by atoms with Gasteiger partial charge >= 0.3 is 0 Å². The van der Waals surface area contributed by atoms with Crippen LogP contribution in [0.15, 0.2) is 66.7 Å². The molecular formula is C25H23ClN2O2. The van der Waals surface area contributed by atoms with Gasteiger partial charge in [0.1, 0.15) is 18.1 Å². The summed E-state index contributed by atoms with van der Waals surface area (Å²) in [6.45, 7) is 0. The minimum absolute atomic E-state index is 0.103. The zero-order chi connectivity index (χ0) is 21.3. The number of halogens is 1. The summed E-state index contributed by atoms with van der Waals surface area (Å²) in [5, 5.41) is 14.9. The van der Waals surface area contributed by atoms with E-state index in [1.54, 1.807) is 18.2 Å². The molecule has 1 atom stereocenters. The van der Waals surface area contributed by atoms with E-state index in [0.717, 1.165) is 23.1 Å². The number of carbonyl (C=O) groups excluding carboxylic acids is 1. The lowest BCUT2D eigenvalue weighted by Crippen LogP contribution is -2.28. The average Bonchev–Trinajstić information content (AvgIpc) is 2.74. The van der Waals surface area contributed by atoms with Crippen molar-refractivity contribution in [2.75, 3.05) is 24.3 Å². The third-order valence-corrected chi connectivity index (χ3v) is 5.65. The predicted molar refractivity (Wildman–Crippen MR) is 124 cm³/mol. The second-order valence-electron chi connectivity index (χ2n) is 7.57. The fourth-order valence-electron chi connectivity index (χ4n) is 4.01. The van der Waals surface area contributed by atoms with E-state index in [-0.39, 0.29) is 5.76 Å². The molecule has 5 heteroatoms. The Morgan fingerprint density at radius 3 is 2.43 bits per heavy atom. The van der Waals surface area contributed by atoms with Crippen LogP contribution < -0.4 is 10.2 Å². The lowest BCUT2D eigenvalue weighted by atomic mass is 9.86. The number of carbonyl (C=O) groups is 1. The third kappa shape index (κ3) is 3.66. The monoisotopic (exact) mass is 418 g/mol. The van der Waals surface area contributed by atoms with Crippen LogP contribution in [0.1, 0.15) is 22.3 Å². The number of hydrogen-bond acceptors (Lipinski definition) is 4. The molecule has 0 aromatic heterocycles. The molecule has 3 aromatic carbocycles. The van der Waals surface area contributed by atoms with E-state index in [4.69, 9.17) is 11.6 Å². The summed E-state index contributed by atoms with van der Waals surface area (Å²) in [5.41, 5.74) is 6.08. The number of nitrogens with one attached hydrogen (secondary N) is 1. The van der Waals surface area contributed by atoms with Gasteiger partial charge < -0.3 is 20.1 Å². The van der Waals surface area contributed by atoms with E-state index in [1.807, 2.05) is 50.5 Å². The Balaban J connectivity index is 1.84. The van der Waals surface area contributed by atoms with Gasteiger partial charge in [0.25, 0.3) is 0 Å². The highest BCUT2D eigenvalue weighted by molar-refractivity contribution is 6.31. The summed E-state index contributed by atoms with van der Waals surface area (Å²) < 4.78 is 0. The van der Waals surface area contributed by atoms with Gasteiger partial charge in [-0.1, -0.05) is 54.1 Å². The molecule has 4 rings (SSSR count). The summed E-state index contributed by atoms with van der Waals surface area (Å²) in [7, 11) is 4.04. The first-order valence-electron chi connectivity index (χ1n) is 9.78.